The number of aromatic amines is 1. The van der Waals surface area contributed by atoms with Crippen LogP contribution in [0.5, 0.6) is 5.75 Å². The molecule has 1 aromatic heterocycles. The number of aromatic nitrogens is 2. The molecular formula is C10H9F2N3O. The quantitative estimate of drug-likeness (QED) is 0.748. The molecule has 0 saturated heterocycles. The van der Waals surface area contributed by atoms with Crippen molar-refractivity contribution in [1.29, 1.82) is 0 Å². The van der Waals surface area contributed by atoms with Gasteiger partial charge in [0.05, 0.1) is 11.9 Å². The lowest BCUT2D eigenvalue weighted by atomic mass is 10.2. The second-order valence-electron chi connectivity index (χ2n) is 3.25. The predicted molar refractivity (Wildman–Crippen MR) is 53.9 cm³/mol. The van der Waals surface area contributed by atoms with Gasteiger partial charge < -0.3 is 10.4 Å². The molecule has 0 atom stereocenters. The molecule has 0 radical (unpaired) electrons. The van der Waals surface area contributed by atoms with Crippen molar-refractivity contribution in [3.63, 3.8) is 0 Å². The van der Waals surface area contributed by atoms with Crippen LogP contribution in [0.25, 0.3) is 0 Å². The Morgan fingerprint density at radius 1 is 1.31 bits per heavy atom. The summed E-state index contributed by atoms with van der Waals surface area (Å²) >= 11 is 0. The molecule has 0 aliphatic heterocycles. The second kappa shape index (κ2) is 4.18. The summed E-state index contributed by atoms with van der Waals surface area (Å²) in [7, 11) is 0. The smallest absolute Gasteiger partial charge is 0.187 e. The Morgan fingerprint density at radius 3 is 2.56 bits per heavy atom. The van der Waals surface area contributed by atoms with Crippen LogP contribution in [-0.2, 0) is 6.54 Å². The maximum atomic E-state index is 13.0. The van der Waals surface area contributed by atoms with Crippen molar-refractivity contribution in [3.8, 4) is 5.75 Å². The fraction of sp³-hybridized carbons (Fsp3) is 0.100. The summed E-state index contributed by atoms with van der Waals surface area (Å²) < 4.78 is 25.9. The second-order valence-corrected chi connectivity index (χ2v) is 3.25. The van der Waals surface area contributed by atoms with Gasteiger partial charge >= 0.3 is 0 Å². The van der Waals surface area contributed by atoms with E-state index in [1.54, 1.807) is 12.4 Å². The van der Waals surface area contributed by atoms with Crippen LogP contribution in [0.4, 0.5) is 14.5 Å². The topological polar surface area (TPSA) is 60.9 Å². The lowest BCUT2D eigenvalue weighted by molar-refractivity contribution is 0.395. The Kier molecular flexibility index (Phi) is 2.72. The number of hydrogen-bond acceptors (Lipinski definition) is 3. The standard InChI is InChI=1S/C10H9F2N3O/c11-8-1-6(2-9(12)10(8)16)3-13-7-4-14-15-5-7/h1-2,4-5,13,16H,3H2,(H,14,15). The van der Waals surface area contributed by atoms with Gasteiger partial charge in [0.2, 0.25) is 0 Å². The SMILES string of the molecule is Oc1c(F)cc(CNc2cn[nH]c2)cc1F. The van der Waals surface area contributed by atoms with Gasteiger partial charge in [-0.3, -0.25) is 5.10 Å². The zero-order valence-electron chi connectivity index (χ0n) is 8.17. The van der Waals surface area contributed by atoms with Crippen molar-refractivity contribution in [3.05, 3.63) is 41.7 Å². The first kappa shape index (κ1) is 10.4. The van der Waals surface area contributed by atoms with E-state index in [1.807, 2.05) is 0 Å². The van der Waals surface area contributed by atoms with Crippen molar-refractivity contribution >= 4 is 5.69 Å². The van der Waals surface area contributed by atoms with E-state index in [4.69, 9.17) is 5.11 Å². The van der Waals surface area contributed by atoms with E-state index in [1.165, 1.54) is 0 Å². The summed E-state index contributed by atoms with van der Waals surface area (Å²) in [4.78, 5) is 0. The van der Waals surface area contributed by atoms with Crippen LogP contribution < -0.4 is 5.32 Å². The van der Waals surface area contributed by atoms with E-state index in [0.29, 0.717) is 11.3 Å². The molecule has 0 bridgehead atoms. The Bertz CT molecular complexity index is 462. The lowest BCUT2D eigenvalue weighted by Gasteiger charge is -2.05. The van der Waals surface area contributed by atoms with Crippen LogP contribution in [-0.4, -0.2) is 15.3 Å². The molecule has 6 heteroatoms. The molecule has 16 heavy (non-hydrogen) atoms. The number of phenols is 1. The number of nitrogens with one attached hydrogen (secondary N) is 2. The number of aromatic hydroxyl groups is 1. The van der Waals surface area contributed by atoms with Crippen LogP contribution in [0.3, 0.4) is 0 Å². The van der Waals surface area contributed by atoms with Crippen LogP contribution in [0, 0.1) is 11.6 Å². The minimum absolute atomic E-state index is 0.244. The molecule has 4 nitrogen and oxygen atoms in total. The molecule has 2 rings (SSSR count). The number of halogens is 2. The molecule has 0 saturated carbocycles. The van der Waals surface area contributed by atoms with Crippen molar-refractivity contribution < 1.29 is 13.9 Å². The molecule has 3 N–H and O–H groups in total. The molecule has 0 spiro atoms. The molecule has 0 aliphatic carbocycles. The fourth-order valence-electron chi connectivity index (χ4n) is 1.27. The Balaban J connectivity index is 2.10. The normalized spacial score (nSPS) is 10.4. The van der Waals surface area contributed by atoms with Crippen LogP contribution >= 0.6 is 0 Å². The minimum Gasteiger partial charge on any atom is -0.503 e. The van der Waals surface area contributed by atoms with Gasteiger partial charge in [-0.1, -0.05) is 0 Å². The van der Waals surface area contributed by atoms with Gasteiger partial charge in [0.15, 0.2) is 17.4 Å². The molecule has 0 unspecified atom stereocenters. The number of H-pyrrole nitrogens is 1. The summed E-state index contributed by atoms with van der Waals surface area (Å²) in [5, 5.41) is 18.1. The third kappa shape index (κ3) is 2.10. The van der Waals surface area contributed by atoms with E-state index in [-0.39, 0.29) is 6.54 Å². The first-order valence-electron chi connectivity index (χ1n) is 4.56. The number of hydrogen-bond donors (Lipinski definition) is 3. The maximum absolute atomic E-state index is 13.0. The molecule has 84 valence electrons. The van der Waals surface area contributed by atoms with Crippen molar-refractivity contribution in [2.24, 2.45) is 0 Å². The average Bonchev–Trinajstić information content (AvgIpc) is 2.75. The van der Waals surface area contributed by atoms with Crippen molar-refractivity contribution in [2.75, 3.05) is 5.32 Å². The summed E-state index contributed by atoms with van der Waals surface area (Å²) in [5.41, 5.74) is 1.11. The molecule has 2 aromatic rings. The van der Waals surface area contributed by atoms with Crippen LogP contribution in [0.1, 0.15) is 5.56 Å². The summed E-state index contributed by atoms with van der Waals surface area (Å²) in [6, 6.07) is 2.15. The van der Waals surface area contributed by atoms with Gasteiger partial charge in [-0.05, 0) is 17.7 Å². The highest BCUT2D eigenvalue weighted by Crippen LogP contribution is 2.21. The van der Waals surface area contributed by atoms with Crippen LogP contribution in [0.15, 0.2) is 24.5 Å². The van der Waals surface area contributed by atoms with Crippen molar-refractivity contribution in [1.82, 2.24) is 10.2 Å². The molecular weight excluding hydrogens is 216 g/mol. The van der Waals surface area contributed by atoms with Crippen molar-refractivity contribution in [2.45, 2.75) is 6.54 Å². The predicted octanol–water partition coefficient (Wildman–Crippen LogP) is 2.01. The zero-order chi connectivity index (χ0) is 11.5. The largest absolute Gasteiger partial charge is 0.503 e. The highest BCUT2D eigenvalue weighted by molar-refractivity contribution is 5.39. The minimum atomic E-state index is -0.969. The van der Waals surface area contributed by atoms with E-state index < -0.39 is 17.4 Å². The third-order valence-electron chi connectivity index (χ3n) is 2.07. The third-order valence-corrected chi connectivity index (χ3v) is 2.07. The number of nitrogens with zero attached hydrogens (tertiary/aromatic N) is 1. The first-order chi connectivity index (χ1) is 7.66. The lowest BCUT2D eigenvalue weighted by Crippen LogP contribution is -2.00. The van der Waals surface area contributed by atoms with Gasteiger partial charge in [0, 0.05) is 12.7 Å². The van der Waals surface area contributed by atoms with Gasteiger partial charge in [-0.15, -0.1) is 0 Å². The first-order valence-corrected chi connectivity index (χ1v) is 4.56. The molecule has 1 aromatic carbocycles. The maximum Gasteiger partial charge on any atom is 0.187 e. The van der Waals surface area contributed by atoms with E-state index in [0.717, 1.165) is 12.1 Å². The number of phenolic OH excluding ortho intramolecular Hbond substituents is 1. The van der Waals surface area contributed by atoms with E-state index in [2.05, 4.69) is 15.5 Å². The number of anilines is 1. The molecule has 0 amide bonds. The van der Waals surface area contributed by atoms with Crippen LogP contribution in [0.2, 0.25) is 0 Å². The van der Waals surface area contributed by atoms with Gasteiger partial charge in [-0.2, -0.15) is 5.10 Å². The number of rotatable bonds is 3. The average molecular weight is 225 g/mol. The van der Waals surface area contributed by atoms with E-state index >= 15 is 0 Å². The molecule has 1 heterocycles. The molecule has 0 fully saturated rings. The van der Waals surface area contributed by atoms with Gasteiger partial charge in [-0.25, -0.2) is 8.78 Å². The summed E-state index contributed by atoms with van der Waals surface area (Å²) in [6.07, 6.45) is 3.17. The Labute approximate surface area is 89.9 Å². The van der Waals surface area contributed by atoms with E-state index in [9.17, 15) is 8.78 Å². The fourth-order valence-corrected chi connectivity index (χ4v) is 1.27. The highest BCUT2D eigenvalue weighted by atomic mass is 19.1. The highest BCUT2D eigenvalue weighted by Gasteiger charge is 2.09. The molecule has 0 aliphatic rings. The zero-order valence-corrected chi connectivity index (χ0v) is 8.17. The van der Waals surface area contributed by atoms with Gasteiger partial charge in [0.1, 0.15) is 0 Å². The number of benzene rings is 1. The summed E-state index contributed by atoms with van der Waals surface area (Å²) in [6.45, 7) is 0.244. The Hall–Kier alpha value is -2.11. The Morgan fingerprint density at radius 2 is 2.00 bits per heavy atom. The van der Waals surface area contributed by atoms with Gasteiger partial charge in [0.25, 0.3) is 0 Å². The monoisotopic (exact) mass is 225 g/mol. The summed E-state index contributed by atoms with van der Waals surface area (Å²) in [5.74, 6) is -2.89.